The summed E-state index contributed by atoms with van der Waals surface area (Å²) in [5, 5.41) is 23.3. The van der Waals surface area contributed by atoms with Gasteiger partial charge in [0.05, 0.1) is 25.4 Å². The molecule has 0 unspecified atom stereocenters. The van der Waals surface area contributed by atoms with E-state index in [1.165, 1.54) is 12.1 Å². The van der Waals surface area contributed by atoms with Crippen LogP contribution in [0.5, 0.6) is 5.75 Å². The van der Waals surface area contributed by atoms with Crippen LogP contribution in [-0.2, 0) is 9.53 Å². The third kappa shape index (κ3) is 11.8. The molecule has 0 saturated heterocycles. The van der Waals surface area contributed by atoms with Gasteiger partial charge in [0.2, 0.25) is 5.91 Å². The Labute approximate surface area is 160 Å². The molecule has 4 N–H and O–H groups in total. The lowest BCUT2D eigenvalue weighted by atomic mass is 10.2. The molecule has 0 fully saturated rings. The van der Waals surface area contributed by atoms with Gasteiger partial charge in [-0.05, 0) is 18.6 Å². The molecule has 0 aromatic heterocycles. The van der Waals surface area contributed by atoms with Crippen LogP contribution in [0.2, 0.25) is 0 Å². The Bertz CT molecular complexity index is 551. The number of hydrogen-bond acceptors (Lipinski definition) is 6. The molecule has 8 nitrogen and oxygen atoms in total. The van der Waals surface area contributed by atoms with Crippen LogP contribution in [0.3, 0.4) is 0 Å². The summed E-state index contributed by atoms with van der Waals surface area (Å²) in [6, 6.07) is 4.80. The van der Waals surface area contributed by atoms with Gasteiger partial charge in [-0.3, -0.25) is 4.79 Å². The average molecular weight is 384 g/mol. The quantitative estimate of drug-likeness (QED) is 0.385. The number of unbranched alkanes of at least 4 members (excludes halogenated alkanes) is 1. The van der Waals surface area contributed by atoms with Crippen LogP contribution < -0.4 is 15.4 Å². The molecule has 0 aliphatic rings. The van der Waals surface area contributed by atoms with Gasteiger partial charge in [-0.25, -0.2) is 4.79 Å². The van der Waals surface area contributed by atoms with Gasteiger partial charge in [-0.1, -0.05) is 27.2 Å². The minimum absolute atomic E-state index is 0.157. The number of carbonyl (C=O) groups is 2. The number of rotatable bonds is 13. The zero-order valence-electron chi connectivity index (χ0n) is 16.4. The molecule has 8 heteroatoms. The van der Waals surface area contributed by atoms with Gasteiger partial charge in [0.1, 0.15) is 12.4 Å². The van der Waals surface area contributed by atoms with E-state index in [4.69, 9.17) is 14.6 Å². The highest BCUT2D eigenvalue weighted by Gasteiger charge is 2.08. The predicted molar refractivity (Wildman–Crippen MR) is 105 cm³/mol. The first-order valence-electron chi connectivity index (χ1n) is 9.27. The summed E-state index contributed by atoms with van der Waals surface area (Å²) in [4.78, 5) is 22.0. The van der Waals surface area contributed by atoms with Crippen molar-refractivity contribution in [2.75, 3.05) is 44.8 Å². The van der Waals surface area contributed by atoms with Crippen molar-refractivity contribution < 1.29 is 29.3 Å². The van der Waals surface area contributed by atoms with Crippen LogP contribution >= 0.6 is 0 Å². The number of aliphatic hydroxyl groups excluding tert-OH is 1. The van der Waals surface area contributed by atoms with Crippen molar-refractivity contribution in [3.8, 4) is 5.75 Å². The lowest BCUT2D eigenvalue weighted by Gasteiger charge is -2.12. The highest BCUT2D eigenvalue weighted by molar-refractivity contribution is 5.89. The molecule has 1 aromatic rings. The maximum Gasteiger partial charge on any atom is 0.335 e. The van der Waals surface area contributed by atoms with Crippen molar-refractivity contribution >= 4 is 17.6 Å². The second-order valence-corrected chi connectivity index (χ2v) is 5.30. The van der Waals surface area contributed by atoms with Gasteiger partial charge in [-0.2, -0.15) is 0 Å². The Balaban J connectivity index is 0.00000326. The first-order valence-corrected chi connectivity index (χ1v) is 9.27. The standard InChI is InChI=1S/C17H26N2O6.C2H6/c1-2-3-6-25-15-10-13(17(22)23)9-14(11-15)18-4-7-24-8-5-19-16(21)12-20;1-2/h9-11,18,20H,2-8,12H2,1H3,(H,19,21)(H,22,23);1-2H3. The number of amides is 1. The summed E-state index contributed by atoms with van der Waals surface area (Å²) >= 11 is 0. The number of hydrogen-bond donors (Lipinski definition) is 4. The van der Waals surface area contributed by atoms with Crippen molar-refractivity contribution in [2.45, 2.75) is 33.6 Å². The van der Waals surface area contributed by atoms with E-state index in [9.17, 15) is 14.7 Å². The van der Waals surface area contributed by atoms with Crippen molar-refractivity contribution in [1.82, 2.24) is 5.32 Å². The molecule has 0 atom stereocenters. The second kappa shape index (κ2) is 15.9. The number of aromatic carboxylic acids is 1. The van der Waals surface area contributed by atoms with E-state index in [0.717, 1.165) is 12.8 Å². The van der Waals surface area contributed by atoms with E-state index in [1.807, 2.05) is 13.8 Å². The van der Waals surface area contributed by atoms with Crippen molar-refractivity contribution in [1.29, 1.82) is 0 Å². The molecule has 0 heterocycles. The smallest absolute Gasteiger partial charge is 0.335 e. The number of ether oxygens (including phenoxy) is 2. The van der Waals surface area contributed by atoms with Gasteiger partial charge in [0, 0.05) is 24.8 Å². The van der Waals surface area contributed by atoms with Crippen LogP contribution in [-0.4, -0.2) is 61.6 Å². The van der Waals surface area contributed by atoms with Crippen LogP contribution in [0.15, 0.2) is 18.2 Å². The maximum atomic E-state index is 11.2. The Morgan fingerprint density at radius 3 is 2.41 bits per heavy atom. The molecule has 0 aliphatic carbocycles. The number of carbonyl (C=O) groups excluding carboxylic acids is 1. The molecular formula is C19H32N2O6. The fraction of sp³-hybridized carbons (Fsp3) is 0.579. The monoisotopic (exact) mass is 384 g/mol. The number of nitrogens with one attached hydrogen (secondary N) is 2. The van der Waals surface area contributed by atoms with Crippen LogP contribution in [0.25, 0.3) is 0 Å². The highest BCUT2D eigenvalue weighted by Crippen LogP contribution is 2.21. The Morgan fingerprint density at radius 1 is 1.07 bits per heavy atom. The van der Waals surface area contributed by atoms with Crippen molar-refractivity contribution in [2.24, 2.45) is 0 Å². The number of carboxylic acids is 1. The summed E-state index contributed by atoms with van der Waals surface area (Å²) in [5.41, 5.74) is 0.799. The zero-order valence-corrected chi connectivity index (χ0v) is 16.4. The first kappa shape index (κ1) is 24.7. The van der Waals surface area contributed by atoms with Gasteiger partial charge in [0.15, 0.2) is 0 Å². The minimum Gasteiger partial charge on any atom is -0.493 e. The summed E-state index contributed by atoms with van der Waals surface area (Å²) in [6.07, 6.45) is 1.90. The third-order valence-corrected chi connectivity index (χ3v) is 3.21. The Morgan fingerprint density at radius 2 is 1.78 bits per heavy atom. The fourth-order valence-corrected chi connectivity index (χ4v) is 1.93. The number of aliphatic hydroxyl groups is 1. The summed E-state index contributed by atoms with van der Waals surface area (Å²) in [7, 11) is 0. The fourth-order valence-electron chi connectivity index (χ4n) is 1.93. The first-order chi connectivity index (χ1) is 13.1. The summed E-state index contributed by atoms with van der Waals surface area (Å²) in [6.45, 7) is 7.58. The van der Waals surface area contributed by atoms with Gasteiger partial charge in [-0.15, -0.1) is 0 Å². The summed E-state index contributed by atoms with van der Waals surface area (Å²) < 4.78 is 10.9. The molecule has 0 radical (unpaired) electrons. The molecular weight excluding hydrogens is 352 g/mol. The van der Waals surface area contributed by atoms with E-state index < -0.39 is 18.5 Å². The third-order valence-electron chi connectivity index (χ3n) is 3.21. The molecule has 0 bridgehead atoms. The molecule has 1 amide bonds. The largest absolute Gasteiger partial charge is 0.493 e. The van der Waals surface area contributed by atoms with Crippen LogP contribution in [0, 0.1) is 0 Å². The van der Waals surface area contributed by atoms with Crippen molar-refractivity contribution in [3.05, 3.63) is 23.8 Å². The van der Waals surface area contributed by atoms with Gasteiger partial charge < -0.3 is 30.3 Å². The number of benzene rings is 1. The van der Waals surface area contributed by atoms with E-state index in [0.29, 0.717) is 44.3 Å². The highest BCUT2D eigenvalue weighted by atomic mass is 16.5. The van der Waals surface area contributed by atoms with Crippen LogP contribution in [0.4, 0.5) is 5.69 Å². The predicted octanol–water partition coefficient (Wildman–Crippen LogP) is 2.13. The van der Waals surface area contributed by atoms with E-state index >= 15 is 0 Å². The topological polar surface area (TPSA) is 117 Å². The lowest BCUT2D eigenvalue weighted by molar-refractivity contribution is -0.124. The SMILES string of the molecule is CC.CCCCOc1cc(NCCOCCNC(=O)CO)cc(C(=O)O)c1. The second-order valence-electron chi connectivity index (χ2n) is 5.30. The average Bonchev–Trinajstić information content (AvgIpc) is 2.68. The molecule has 0 aliphatic heterocycles. The van der Waals surface area contributed by atoms with Gasteiger partial charge >= 0.3 is 5.97 Å². The molecule has 1 aromatic carbocycles. The molecule has 27 heavy (non-hydrogen) atoms. The normalized spacial score (nSPS) is 9.78. The minimum atomic E-state index is -1.01. The maximum absolute atomic E-state index is 11.2. The van der Waals surface area contributed by atoms with E-state index in [2.05, 4.69) is 17.6 Å². The Kier molecular flexibility index (Phi) is 14.5. The number of anilines is 1. The number of carboxylic acid groups (broad SMARTS) is 1. The molecule has 154 valence electrons. The lowest BCUT2D eigenvalue weighted by Crippen LogP contribution is -2.29. The van der Waals surface area contributed by atoms with E-state index in [1.54, 1.807) is 6.07 Å². The molecule has 0 spiro atoms. The molecule has 1 rings (SSSR count). The molecule has 0 saturated carbocycles. The van der Waals surface area contributed by atoms with Gasteiger partial charge in [0.25, 0.3) is 0 Å². The Hall–Kier alpha value is -2.32. The van der Waals surface area contributed by atoms with Crippen molar-refractivity contribution in [3.63, 3.8) is 0 Å². The zero-order chi connectivity index (χ0) is 20.5. The summed E-state index contributed by atoms with van der Waals surface area (Å²) in [5.74, 6) is -0.939. The van der Waals surface area contributed by atoms with Crippen LogP contribution in [0.1, 0.15) is 44.0 Å². The van der Waals surface area contributed by atoms with E-state index in [-0.39, 0.29) is 5.56 Å².